The molecule has 4 nitrogen and oxygen atoms in total. The van der Waals surface area contributed by atoms with E-state index >= 15 is 0 Å². The van der Waals surface area contributed by atoms with Gasteiger partial charge in [-0.3, -0.25) is 9.58 Å². The number of hydrogen-bond acceptors (Lipinski definition) is 3. The van der Waals surface area contributed by atoms with E-state index in [1.54, 1.807) is 0 Å². The van der Waals surface area contributed by atoms with E-state index < -0.39 is 0 Å². The summed E-state index contributed by atoms with van der Waals surface area (Å²) in [6, 6.07) is 2.11. The smallest absolute Gasteiger partial charge is 0.0596 e. The third-order valence-electron chi connectivity index (χ3n) is 4.84. The van der Waals surface area contributed by atoms with Crippen LogP contribution in [0.5, 0.6) is 0 Å². The van der Waals surface area contributed by atoms with Gasteiger partial charge in [0, 0.05) is 30.5 Å². The molecule has 0 aromatic carbocycles. The minimum absolute atomic E-state index is 0.318. The Morgan fingerprint density at radius 3 is 2.58 bits per heavy atom. The summed E-state index contributed by atoms with van der Waals surface area (Å²) in [6.45, 7) is 7.15. The zero-order chi connectivity index (χ0) is 13.1. The van der Waals surface area contributed by atoms with Gasteiger partial charge in [0.25, 0.3) is 0 Å². The maximum atomic E-state index is 5.53. The number of nitrogens with zero attached hydrogens (tertiary/aromatic N) is 3. The molecule has 2 aliphatic rings. The van der Waals surface area contributed by atoms with Gasteiger partial charge in [0.1, 0.15) is 0 Å². The molecule has 0 radical (unpaired) electrons. The molecule has 0 atom stereocenters. The Labute approximate surface area is 115 Å². The molecular formula is C15H25N3O. The van der Waals surface area contributed by atoms with Crippen LogP contribution in [0.2, 0.25) is 0 Å². The van der Waals surface area contributed by atoms with Gasteiger partial charge in [0.15, 0.2) is 0 Å². The summed E-state index contributed by atoms with van der Waals surface area (Å²) in [5.74, 6) is 0. The van der Waals surface area contributed by atoms with Gasteiger partial charge in [0.05, 0.1) is 19.8 Å². The summed E-state index contributed by atoms with van der Waals surface area (Å²) in [5, 5.41) is 4.51. The number of aryl methyl sites for hydroxylation is 1. The summed E-state index contributed by atoms with van der Waals surface area (Å²) >= 11 is 0. The molecule has 1 aliphatic carbocycles. The second-order valence-electron chi connectivity index (χ2n) is 6.01. The van der Waals surface area contributed by atoms with Crippen LogP contribution < -0.4 is 0 Å². The number of rotatable bonds is 3. The first kappa shape index (κ1) is 13.1. The predicted octanol–water partition coefficient (Wildman–Crippen LogP) is 2.23. The number of hydrogen-bond donors (Lipinski definition) is 0. The third-order valence-corrected chi connectivity index (χ3v) is 4.84. The maximum Gasteiger partial charge on any atom is 0.0596 e. The van der Waals surface area contributed by atoms with Gasteiger partial charge in [-0.05, 0) is 25.8 Å². The van der Waals surface area contributed by atoms with Gasteiger partial charge in [-0.25, -0.2) is 0 Å². The lowest BCUT2D eigenvalue weighted by molar-refractivity contribution is -0.0461. The Hall–Kier alpha value is -0.870. The van der Waals surface area contributed by atoms with E-state index in [4.69, 9.17) is 4.74 Å². The molecule has 0 N–H and O–H groups in total. The minimum atomic E-state index is 0.318. The average Bonchev–Trinajstić information content (AvgIpc) is 2.86. The Bertz CT molecular complexity index is 403. The van der Waals surface area contributed by atoms with Crippen LogP contribution in [0.25, 0.3) is 0 Å². The summed E-state index contributed by atoms with van der Waals surface area (Å²) in [5.41, 5.74) is 1.59. The van der Waals surface area contributed by atoms with E-state index in [9.17, 15) is 0 Å². The van der Waals surface area contributed by atoms with Gasteiger partial charge >= 0.3 is 0 Å². The molecular weight excluding hydrogens is 238 g/mol. The topological polar surface area (TPSA) is 30.3 Å². The number of ether oxygens (including phenoxy) is 1. The van der Waals surface area contributed by atoms with Crippen molar-refractivity contribution in [2.24, 2.45) is 0 Å². The van der Waals surface area contributed by atoms with Crippen LogP contribution in [0, 0.1) is 6.92 Å². The van der Waals surface area contributed by atoms with Gasteiger partial charge in [-0.1, -0.05) is 19.3 Å². The van der Waals surface area contributed by atoms with Crippen LogP contribution in [0.15, 0.2) is 12.3 Å². The van der Waals surface area contributed by atoms with Crippen LogP contribution in [-0.2, 0) is 11.3 Å². The lowest BCUT2D eigenvalue weighted by atomic mass is 9.79. The van der Waals surface area contributed by atoms with Crippen LogP contribution in [-0.4, -0.2) is 46.5 Å². The first-order chi connectivity index (χ1) is 9.30. The highest BCUT2D eigenvalue weighted by Crippen LogP contribution is 2.35. The van der Waals surface area contributed by atoms with E-state index in [2.05, 4.69) is 27.7 Å². The van der Waals surface area contributed by atoms with Crippen molar-refractivity contribution < 1.29 is 4.74 Å². The zero-order valence-corrected chi connectivity index (χ0v) is 12.0. The van der Waals surface area contributed by atoms with Crippen molar-refractivity contribution in [1.29, 1.82) is 0 Å². The second kappa shape index (κ2) is 5.63. The molecule has 106 valence electrons. The number of aromatic nitrogens is 2. The molecule has 0 spiro atoms. The summed E-state index contributed by atoms with van der Waals surface area (Å²) in [4.78, 5) is 2.68. The zero-order valence-electron chi connectivity index (χ0n) is 12.0. The van der Waals surface area contributed by atoms with Crippen LogP contribution in [0.3, 0.4) is 0 Å². The maximum absolute atomic E-state index is 5.53. The highest BCUT2D eigenvalue weighted by Gasteiger charge is 2.39. The first-order valence-electron chi connectivity index (χ1n) is 7.61. The van der Waals surface area contributed by atoms with Crippen molar-refractivity contribution in [2.75, 3.05) is 26.3 Å². The molecule has 1 aliphatic heterocycles. The monoisotopic (exact) mass is 263 g/mol. The average molecular weight is 263 g/mol. The first-order valence-corrected chi connectivity index (χ1v) is 7.61. The SMILES string of the molecule is Cc1ccnn1CC1(N2CCOCC2)CCCCC1. The molecule has 2 heterocycles. The molecule has 4 heteroatoms. The highest BCUT2D eigenvalue weighted by atomic mass is 16.5. The fourth-order valence-corrected chi connectivity index (χ4v) is 3.67. The van der Waals surface area contributed by atoms with Gasteiger partial charge in [-0.2, -0.15) is 5.10 Å². The molecule has 0 bridgehead atoms. The summed E-state index contributed by atoms with van der Waals surface area (Å²) in [6.07, 6.45) is 8.66. The molecule has 19 heavy (non-hydrogen) atoms. The Kier molecular flexibility index (Phi) is 3.89. The van der Waals surface area contributed by atoms with Crippen molar-refractivity contribution in [1.82, 2.24) is 14.7 Å². The lowest BCUT2D eigenvalue weighted by Crippen LogP contribution is -2.56. The third kappa shape index (κ3) is 2.70. The fourth-order valence-electron chi connectivity index (χ4n) is 3.67. The minimum Gasteiger partial charge on any atom is -0.379 e. The molecule has 0 amide bonds. The van der Waals surface area contributed by atoms with Crippen LogP contribution >= 0.6 is 0 Å². The van der Waals surface area contributed by atoms with Crippen molar-refractivity contribution in [3.8, 4) is 0 Å². The molecule has 1 saturated carbocycles. The van der Waals surface area contributed by atoms with Gasteiger partial charge < -0.3 is 4.74 Å². The largest absolute Gasteiger partial charge is 0.379 e. The molecule has 2 fully saturated rings. The van der Waals surface area contributed by atoms with Crippen molar-refractivity contribution >= 4 is 0 Å². The second-order valence-corrected chi connectivity index (χ2v) is 6.01. The van der Waals surface area contributed by atoms with Crippen LogP contribution in [0.1, 0.15) is 37.8 Å². The van der Waals surface area contributed by atoms with Gasteiger partial charge in [-0.15, -0.1) is 0 Å². The van der Waals surface area contributed by atoms with Crippen LogP contribution in [0.4, 0.5) is 0 Å². The molecule has 0 unspecified atom stereocenters. The lowest BCUT2D eigenvalue weighted by Gasteiger charge is -2.48. The molecule has 1 saturated heterocycles. The normalized spacial score (nSPS) is 24.5. The number of morpholine rings is 1. The van der Waals surface area contributed by atoms with Gasteiger partial charge in [0.2, 0.25) is 0 Å². The molecule has 1 aromatic rings. The quantitative estimate of drug-likeness (QED) is 0.837. The van der Waals surface area contributed by atoms with E-state index in [-0.39, 0.29) is 0 Å². The van der Waals surface area contributed by atoms with E-state index in [0.29, 0.717) is 5.54 Å². The molecule has 1 aromatic heterocycles. The van der Waals surface area contributed by atoms with Crippen molar-refractivity contribution in [3.63, 3.8) is 0 Å². The standard InChI is InChI=1S/C15H25N3O/c1-14-5-8-16-18(14)13-15(6-3-2-4-7-15)17-9-11-19-12-10-17/h5,8H,2-4,6-7,9-13H2,1H3. The highest BCUT2D eigenvalue weighted by molar-refractivity contribution is 5.01. The fraction of sp³-hybridized carbons (Fsp3) is 0.800. The Morgan fingerprint density at radius 2 is 1.95 bits per heavy atom. The summed E-state index contributed by atoms with van der Waals surface area (Å²) in [7, 11) is 0. The summed E-state index contributed by atoms with van der Waals surface area (Å²) < 4.78 is 7.73. The van der Waals surface area contributed by atoms with Crippen molar-refractivity contribution in [3.05, 3.63) is 18.0 Å². The van der Waals surface area contributed by atoms with E-state index in [1.165, 1.54) is 37.8 Å². The van der Waals surface area contributed by atoms with E-state index in [1.807, 2.05) is 6.20 Å². The predicted molar refractivity (Wildman–Crippen MR) is 75.2 cm³/mol. The van der Waals surface area contributed by atoms with E-state index in [0.717, 1.165) is 32.8 Å². The van der Waals surface area contributed by atoms with Crippen molar-refractivity contribution in [2.45, 2.75) is 51.1 Å². The molecule has 3 rings (SSSR count). The Balaban J connectivity index is 1.81. The Morgan fingerprint density at radius 1 is 1.21 bits per heavy atom.